The number of amides is 1. The largest absolute Gasteiger partial charge is 0.352 e. The van der Waals surface area contributed by atoms with Crippen molar-refractivity contribution in [3.63, 3.8) is 0 Å². The van der Waals surface area contributed by atoms with Crippen LogP contribution in [0.2, 0.25) is 0 Å². The van der Waals surface area contributed by atoms with Gasteiger partial charge in [-0.2, -0.15) is 0 Å². The summed E-state index contributed by atoms with van der Waals surface area (Å²) in [5.74, 6) is -0.00163. The van der Waals surface area contributed by atoms with Gasteiger partial charge in [0.1, 0.15) is 0 Å². The number of rotatable bonds is 4. The molecular formula is C18H17NOS. The molecule has 2 aromatic carbocycles. The van der Waals surface area contributed by atoms with Gasteiger partial charge in [0.25, 0.3) is 5.91 Å². The van der Waals surface area contributed by atoms with E-state index in [-0.39, 0.29) is 5.91 Å². The van der Waals surface area contributed by atoms with Gasteiger partial charge in [0.05, 0.1) is 0 Å². The van der Waals surface area contributed by atoms with Crippen LogP contribution in [0, 0.1) is 0 Å². The minimum Gasteiger partial charge on any atom is -0.352 e. The van der Waals surface area contributed by atoms with E-state index in [0.717, 1.165) is 17.5 Å². The van der Waals surface area contributed by atoms with Crippen LogP contribution in [0.5, 0.6) is 0 Å². The first kappa shape index (κ1) is 13.8. The van der Waals surface area contributed by atoms with Crippen molar-refractivity contribution in [1.29, 1.82) is 0 Å². The molecule has 0 saturated heterocycles. The number of hydrogen-bond donors (Lipinski definition) is 1. The third kappa shape index (κ3) is 2.83. The Morgan fingerprint density at radius 2 is 2.00 bits per heavy atom. The van der Waals surface area contributed by atoms with Crippen LogP contribution >= 0.6 is 11.3 Å². The van der Waals surface area contributed by atoms with Gasteiger partial charge in [-0.15, -0.1) is 11.3 Å². The third-order valence-corrected chi connectivity index (χ3v) is 4.42. The van der Waals surface area contributed by atoms with Gasteiger partial charge in [0, 0.05) is 27.8 Å². The molecule has 1 N–H and O–H groups in total. The molecule has 0 atom stereocenters. The van der Waals surface area contributed by atoms with Gasteiger partial charge in [-0.05, 0) is 35.6 Å². The number of nitrogens with one attached hydrogen (secondary N) is 1. The van der Waals surface area contributed by atoms with Crippen molar-refractivity contribution in [1.82, 2.24) is 5.32 Å². The van der Waals surface area contributed by atoms with Crippen LogP contribution in [0.25, 0.3) is 21.2 Å². The van der Waals surface area contributed by atoms with E-state index < -0.39 is 0 Å². The lowest BCUT2D eigenvalue weighted by Crippen LogP contribution is -2.23. The first-order valence-electron chi connectivity index (χ1n) is 7.14. The van der Waals surface area contributed by atoms with Crippen molar-refractivity contribution >= 4 is 27.3 Å². The second-order valence-electron chi connectivity index (χ2n) is 4.98. The number of hydrogen-bond acceptors (Lipinski definition) is 2. The highest BCUT2D eigenvalue weighted by Crippen LogP contribution is 2.33. The fourth-order valence-corrected chi connectivity index (χ4v) is 3.34. The average Bonchev–Trinajstić information content (AvgIpc) is 2.97. The molecule has 0 spiro atoms. The molecule has 1 amide bonds. The van der Waals surface area contributed by atoms with E-state index in [1.807, 2.05) is 25.1 Å². The molecule has 0 saturated carbocycles. The summed E-state index contributed by atoms with van der Waals surface area (Å²) in [4.78, 5) is 12.1. The molecule has 0 fully saturated rings. The van der Waals surface area contributed by atoms with Gasteiger partial charge in [-0.25, -0.2) is 0 Å². The predicted octanol–water partition coefficient (Wildman–Crippen LogP) is 4.71. The lowest BCUT2D eigenvalue weighted by molar-refractivity contribution is 0.0953. The van der Waals surface area contributed by atoms with E-state index in [9.17, 15) is 4.79 Å². The standard InChI is InChI=1S/C18H17NOS/c1-2-10-19-18(20)14-7-5-6-13(11-14)16-12-21-17-9-4-3-8-15(16)17/h3-9,11-12H,2,10H2,1H3,(H,19,20). The fraction of sp³-hybridized carbons (Fsp3) is 0.167. The minimum atomic E-state index is -0.00163. The molecule has 0 aliphatic heterocycles. The van der Waals surface area contributed by atoms with Crippen molar-refractivity contribution in [2.24, 2.45) is 0 Å². The first-order valence-corrected chi connectivity index (χ1v) is 8.02. The Morgan fingerprint density at radius 3 is 2.86 bits per heavy atom. The average molecular weight is 295 g/mol. The molecule has 3 aromatic rings. The highest BCUT2D eigenvalue weighted by molar-refractivity contribution is 7.17. The van der Waals surface area contributed by atoms with Crippen molar-refractivity contribution in [2.75, 3.05) is 6.54 Å². The Hall–Kier alpha value is -2.13. The molecule has 3 heteroatoms. The fourth-order valence-electron chi connectivity index (χ4n) is 2.37. The summed E-state index contributed by atoms with van der Waals surface area (Å²) in [6.07, 6.45) is 0.945. The van der Waals surface area contributed by atoms with Crippen LogP contribution in [0.1, 0.15) is 23.7 Å². The molecule has 106 valence electrons. The SMILES string of the molecule is CCCNC(=O)c1cccc(-c2csc3ccccc23)c1. The zero-order chi connectivity index (χ0) is 14.7. The van der Waals surface area contributed by atoms with Gasteiger partial charge in [-0.3, -0.25) is 4.79 Å². The van der Waals surface area contributed by atoms with Crippen LogP contribution in [0.4, 0.5) is 0 Å². The summed E-state index contributed by atoms with van der Waals surface area (Å²) in [7, 11) is 0. The van der Waals surface area contributed by atoms with Crippen molar-refractivity contribution < 1.29 is 4.79 Å². The maximum absolute atomic E-state index is 12.1. The molecule has 21 heavy (non-hydrogen) atoms. The topological polar surface area (TPSA) is 29.1 Å². The normalized spacial score (nSPS) is 10.7. The summed E-state index contributed by atoms with van der Waals surface area (Å²) >= 11 is 1.74. The molecule has 0 aliphatic rings. The summed E-state index contributed by atoms with van der Waals surface area (Å²) in [5.41, 5.74) is 3.01. The van der Waals surface area contributed by atoms with Crippen molar-refractivity contribution in [3.05, 3.63) is 59.5 Å². The summed E-state index contributed by atoms with van der Waals surface area (Å²) in [5, 5.41) is 6.33. The lowest BCUT2D eigenvalue weighted by Gasteiger charge is -2.06. The van der Waals surface area contributed by atoms with Crippen LogP contribution < -0.4 is 5.32 Å². The zero-order valence-corrected chi connectivity index (χ0v) is 12.7. The Morgan fingerprint density at radius 1 is 1.14 bits per heavy atom. The minimum absolute atomic E-state index is 0.00163. The number of carbonyl (C=O) groups is 1. The Kier molecular flexibility index (Phi) is 4.02. The Balaban J connectivity index is 1.98. The summed E-state index contributed by atoms with van der Waals surface area (Å²) in [6.45, 7) is 2.76. The van der Waals surface area contributed by atoms with E-state index in [4.69, 9.17) is 0 Å². The van der Waals surface area contributed by atoms with Gasteiger partial charge >= 0.3 is 0 Å². The molecule has 0 unspecified atom stereocenters. The zero-order valence-electron chi connectivity index (χ0n) is 11.9. The predicted molar refractivity (Wildman–Crippen MR) is 89.9 cm³/mol. The van der Waals surface area contributed by atoms with Crippen molar-refractivity contribution in [3.8, 4) is 11.1 Å². The maximum Gasteiger partial charge on any atom is 0.251 e. The van der Waals surface area contributed by atoms with Crippen molar-refractivity contribution in [2.45, 2.75) is 13.3 Å². The molecule has 1 aromatic heterocycles. The molecule has 0 aliphatic carbocycles. The van der Waals surface area contributed by atoms with Gasteiger partial charge in [0.2, 0.25) is 0 Å². The first-order chi connectivity index (χ1) is 10.3. The maximum atomic E-state index is 12.1. The number of thiophene rings is 1. The second kappa shape index (κ2) is 6.10. The van der Waals surface area contributed by atoms with Gasteiger partial charge < -0.3 is 5.32 Å². The van der Waals surface area contributed by atoms with E-state index in [1.54, 1.807) is 11.3 Å². The molecule has 1 heterocycles. The lowest BCUT2D eigenvalue weighted by atomic mass is 10.0. The molecule has 2 nitrogen and oxygen atoms in total. The Labute approximate surface area is 128 Å². The molecule has 0 bridgehead atoms. The smallest absolute Gasteiger partial charge is 0.251 e. The van der Waals surface area contributed by atoms with E-state index in [2.05, 4.69) is 41.0 Å². The highest BCUT2D eigenvalue weighted by Gasteiger charge is 2.09. The molecule has 0 radical (unpaired) electrons. The number of carbonyl (C=O) groups excluding carboxylic acids is 1. The third-order valence-electron chi connectivity index (χ3n) is 3.45. The van der Waals surface area contributed by atoms with E-state index in [1.165, 1.54) is 15.6 Å². The number of fused-ring (bicyclic) bond motifs is 1. The quantitative estimate of drug-likeness (QED) is 0.742. The van der Waals surface area contributed by atoms with Crippen LogP contribution in [-0.4, -0.2) is 12.5 Å². The number of benzene rings is 2. The van der Waals surface area contributed by atoms with Crippen LogP contribution in [0.15, 0.2) is 53.9 Å². The monoisotopic (exact) mass is 295 g/mol. The second-order valence-corrected chi connectivity index (χ2v) is 5.89. The summed E-state index contributed by atoms with van der Waals surface area (Å²) < 4.78 is 1.27. The molecule has 3 rings (SSSR count). The van der Waals surface area contributed by atoms with E-state index in [0.29, 0.717) is 6.54 Å². The van der Waals surface area contributed by atoms with Gasteiger partial charge in [0.15, 0.2) is 0 Å². The Bertz CT molecular complexity index is 775. The summed E-state index contributed by atoms with van der Waals surface area (Å²) in [6, 6.07) is 16.2. The molecular weight excluding hydrogens is 278 g/mol. The van der Waals surface area contributed by atoms with Crippen LogP contribution in [0.3, 0.4) is 0 Å². The van der Waals surface area contributed by atoms with Gasteiger partial charge in [-0.1, -0.05) is 37.3 Å². The van der Waals surface area contributed by atoms with Crippen LogP contribution in [-0.2, 0) is 0 Å². The van der Waals surface area contributed by atoms with E-state index >= 15 is 0 Å². The highest BCUT2D eigenvalue weighted by atomic mass is 32.1.